The molecule has 0 atom stereocenters. The van der Waals surface area contributed by atoms with E-state index in [-0.39, 0.29) is 0 Å². The third-order valence-electron chi connectivity index (χ3n) is 2.40. The molecule has 0 unspecified atom stereocenters. The van der Waals surface area contributed by atoms with Crippen LogP contribution in [-0.2, 0) is 6.42 Å². The number of rotatable bonds is 4. The van der Waals surface area contributed by atoms with Crippen LogP contribution in [0.5, 0.6) is 0 Å². The fourth-order valence-corrected chi connectivity index (χ4v) is 1.63. The maximum absolute atomic E-state index is 5.49. The van der Waals surface area contributed by atoms with E-state index in [1.807, 2.05) is 31.5 Å². The molecule has 2 aromatic rings. The van der Waals surface area contributed by atoms with Gasteiger partial charge < -0.3 is 10.7 Å². The molecule has 0 aromatic carbocycles. The molecule has 0 radical (unpaired) electrons. The first-order chi connectivity index (χ1) is 7.79. The van der Waals surface area contributed by atoms with Crippen LogP contribution in [0.15, 0.2) is 24.5 Å². The second kappa shape index (κ2) is 4.90. The summed E-state index contributed by atoms with van der Waals surface area (Å²) in [6, 6.07) is 4.00. The smallest absolute Gasteiger partial charge is 0.129 e. The van der Waals surface area contributed by atoms with Gasteiger partial charge in [0, 0.05) is 30.1 Å². The lowest BCUT2D eigenvalue weighted by molar-refractivity contribution is 0.777. The molecule has 3 N–H and O–H groups in total. The molecule has 0 saturated carbocycles. The lowest BCUT2D eigenvalue weighted by Gasteiger charge is -2.04. The van der Waals surface area contributed by atoms with Crippen LogP contribution in [0.4, 0.5) is 0 Å². The zero-order chi connectivity index (χ0) is 11.4. The molecule has 0 aliphatic carbocycles. The zero-order valence-electron chi connectivity index (χ0n) is 9.40. The van der Waals surface area contributed by atoms with Crippen LogP contribution in [0.3, 0.4) is 0 Å². The SMILES string of the molecule is Cc1cc(-c2cc[nH]c2)nc(CCCN)n1. The summed E-state index contributed by atoms with van der Waals surface area (Å²) >= 11 is 0. The molecular formula is C12H16N4. The lowest BCUT2D eigenvalue weighted by atomic mass is 10.2. The predicted molar refractivity (Wildman–Crippen MR) is 63.9 cm³/mol. The summed E-state index contributed by atoms with van der Waals surface area (Å²) in [6.07, 6.45) is 5.60. The Morgan fingerprint density at radius 2 is 2.25 bits per heavy atom. The Balaban J connectivity index is 2.29. The van der Waals surface area contributed by atoms with E-state index in [0.717, 1.165) is 35.6 Å². The van der Waals surface area contributed by atoms with Crippen LogP contribution in [0, 0.1) is 6.92 Å². The van der Waals surface area contributed by atoms with E-state index >= 15 is 0 Å². The van der Waals surface area contributed by atoms with Crippen molar-refractivity contribution in [3.8, 4) is 11.3 Å². The van der Waals surface area contributed by atoms with Gasteiger partial charge >= 0.3 is 0 Å². The number of aromatic nitrogens is 3. The quantitative estimate of drug-likeness (QED) is 0.817. The van der Waals surface area contributed by atoms with Gasteiger partial charge in [-0.25, -0.2) is 9.97 Å². The molecule has 2 aromatic heterocycles. The number of nitrogens with two attached hydrogens (primary N) is 1. The van der Waals surface area contributed by atoms with Crippen molar-refractivity contribution < 1.29 is 0 Å². The van der Waals surface area contributed by atoms with Gasteiger partial charge in [-0.15, -0.1) is 0 Å². The number of hydrogen-bond acceptors (Lipinski definition) is 3. The Kier molecular flexibility index (Phi) is 3.31. The maximum Gasteiger partial charge on any atom is 0.129 e. The first-order valence-corrected chi connectivity index (χ1v) is 5.47. The van der Waals surface area contributed by atoms with E-state index in [1.165, 1.54) is 0 Å². The topological polar surface area (TPSA) is 67.6 Å². The second-order valence-corrected chi connectivity index (χ2v) is 3.80. The Labute approximate surface area is 94.9 Å². The number of aromatic amines is 1. The standard InChI is InChI=1S/C12H16N4/c1-9-7-11(10-4-6-14-8-10)16-12(15-9)3-2-5-13/h4,6-8,14H,2-3,5,13H2,1H3. The monoisotopic (exact) mass is 216 g/mol. The van der Waals surface area contributed by atoms with Crippen LogP contribution >= 0.6 is 0 Å². The molecule has 0 spiro atoms. The fraction of sp³-hybridized carbons (Fsp3) is 0.333. The normalized spacial score (nSPS) is 10.6. The summed E-state index contributed by atoms with van der Waals surface area (Å²) in [7, 11) is 0. The van der Waals surface area contributed by atoms with Gasteiger partial charge in [-0.3, -0.25) is 0 Å². The van der Waals surface area contributed by atoms with Crippen molar-refractivity contribution >= 4 is 0 Å². The molecule has 0 aliphatic heterocycles. The molecule has 0 saturated heterocycles. The summed E-state index contributed by atoms with van der Waals surface area (Å²) in [5.74, 6) is 0.877. The minimum Gasteiger partial charge on any atom is -0.367 e. The number of aryl methyl sites for hydroxylation is 2. The van der Waals surface area contributed by atoms with Gasteiger partial charge in [0.15, 0.2) is 0 Å². The minimum absolute atomic E-state index is 0.677. The first-order valence-electron chi connectivity index (χ1n) is 5.47. The van der Waals surface area contributed by atoms with Crippen molar-refractivity contribution in [2.45, 2.75) is 19.8 Å². The van der Waals surface area contributed by atoms with E-state index in [2.05, 4.69) is 15.0 Å². The average Bonchev–Trinajstić information content (AvgIpc) is 2.79. The molecule has 2 heterocycles. The zero-order valence-corrected chi connectivity index (χ0v) is 9.40. The first kappa shape index (κ1) is 10.8. The molecule has 84 valence electrons. The molecule has 2 rings (SSSR count). The summed E-state index contributed by atoms with van der Waals surface area (Å²) in [5.41, 5.74) is 8.55. The number of H-pyrrole nitrogens is 1. The van der Waals surface area contributed by atoms with E-state index in [4.69, 9.17) is 5.73 Å². The number of nitrogens with one attached hydrogen (secondary N) is 1. The third-order valence-corrected chi connectivity index (χ3v) is 2.40. The highest BCUT2D eigenvalue weighted by atomic mass is 14.9. The number of nitrogens with zero attached hydrogens (tertiary/aromatic N) is 2. The molecule has 4 heteroatoms. The van der Waals surface area contributed by atoms with Gasteiger partial charge in [0.1, 0.15) is 5.82 Å². The van der Waals surface area contributed by atoms with Gasteiger partial charge in [0.05, 0.1) is 5.69 Å². The van der Waals surface area contributed by atoms with Gasteiger partial charge in [-0.05, 0) is 32.0 Å². The Bertz CT molecular complexity index is 448. The summed E-state index contributed by atoms with van der Waals surface area (Å²) in [5, 5.41) is 0. The third kappa shape index (κ3) is 2.46. The summed E-state index contributed by atoms with van der Waals surface area (Å²) < 4.78 is 0. The second-order valence-electron chi connectivity index (χ2n) is 3.80. The van der Waals surface area contributed by atoms with E-state index in [0.29, 0.717) is 6.54 Å². The van der Waals surface area contributed by atoms with E-state index in [1.54, 1.807) is 0 Å². The van der Waals surface area contributed by atoms with E-state index < -0.39 is 0 Å². The van der Waals surface area contributed by atoms with Crippen LogP contribution in [0.25, 0.3) is 11.3 Å². The van der Waals surface area contributed by atoms with Crippen molar-refractivity contribution in [1.29, 1.82) is 0 Å². The summed E-state index contributed by atoms with van der Waals surface area (Å²) in [4.78, 5) is 12.0. The highest BCUT2D eigenvalue weighted by Gasteiger charge is 2.04. The molecule has 0 bridgehead atoms. The Hall–Kier alpha value is -1.68. The predicted octanol–water partition coefficient (Wildman–Crippen LogP) is 1.67. The van der Waals surface area contributed by atoms with Crippen molar-refractivity contribution in [1.82, 2.24) is 15.0 Å². The lowest BCUT2D eigenvalue weighted by Crippen LogP contribution is -2.04. The summed E-state index contributed by atoms with van der Waals surface area (Å²) in [6.45, 7) is 2.67. The van der Waals surface area contributed by atoms with Gasteiger partial charge in [0.2, 0.25) is 0 Å². The Morgan fingerprint density at radius 3 is 2.94 bits per heavy atom. The van der Waals surface area contributed by atoms with Crippen molar-refractivity contribution in [2.24, 2.45) is 5.73 Å². The molecular weight excluding hydrogens is 200 g/mol. The van der Waals surface area contributed by atoms with Crippen molar-refractivity contribution in [3.05, 3.63) is 36.0 Å². The van der Waals surface area contributed by atoms with E-state index in [9.17, 15) is 0 Å². The van der Waals surface area contributed by atoms with Crippen molar-refractivity contribution in [3.63, 3.8) is 0 Å². The Morgan fingerprint density at radius 1 is 1.38 bits per heavy atom. The van der Waals surface area contributed by atoms with Gasteiger partial charge in [-0.2, -0.15) is 0 Å². The van der Waals surface area contributed by atoms with Crippen LogP contribution < -0.4 is 5.73 Å². The highest BCUT2D eigenvalue weighted by Crippen LogP contribution is 2.17. The van der Waals surface area contributed by atoms with Gasteiger partial charge in [-0.1, -0.05) is 0 Å². The average molecular weight is 216 g/mol. The molecule has 0 fully saturated rings. The minimum atomic E-state index is 0.677. The maximum atomic E-state index is 5.49. The van der Waals surface area contributed by atoms with Crippen LogP contribution in [0.1, 0.15) is 17.9 Å². The fourth-order valence-electron chi connectivity index (χ4n) is 1.63. The van der Waals surface area contributed by atoms with Gasteiger partial charge in [0.25, 0.3) is 0 Å². The highest BCUT2D eigenvalue weighted by molar-refractivity contribution is 5.58. The van der Waals surface area contributed by atoms with Crippen LogP contribution in [0.2, 0.25) is 0 Å². The molecule has 0 aliphatic rings. The largest absolute Gasteiger partial charge is 0.367 e. The molecule has 16 heavy (non-hydrogen) atoms. The number of hydrogen-bond donors (Lipinski definition) is 2. The van der Waals surface area contributed by atoms with Crippen LogP contribution in [-0.4, -0.2) is 21.5 Å². The molecule has 4 nitrogen and oxygen atoms in total. The molecule has 0 amide bonds. The van der Waals surface area contributed by atoms with Crippen molar-refractivity contribution in [2.75, 3.05) is 6.54 Å².